The minimum atomic E-state index is -0.724. The van der Waals surface area contributed by atoms with Crippen molar-refractivity contribution in [2.75, 3.05) is 18.0 Å². The number of nitrogens with zero attached hydrogens (tertiary/aromatic N) is 3. The summed E-state index contributed by atoms with van der Waals surface area (Å²) in [5.41, 5.74) is 1.70. The molecule has 0 bridgehead atoms. The van der Waals surface area contributed by atoms with Gasteiger partial charge in [-0.3, -0.25) is 9.78 Å². The maximum Gasteiger partial charge on any atom is 0.308 e. The lowest BCUT2D eigenvalue weighted by Gasteiger charge is -2.31. The molecule has 1 atom stereocenters. The molecule has 5 nitrogen and oxygen atoms in total. The molecule has 0 radical (unpaired) electrons. The Morgan fingerprint density at radius 3 is 2.89 bits per heavy atom. The molecule has 1 saturated heterocycles. The average molecular weight is 257 g/mol. The summed E-state index contributed by atoms with van der Waals surface area (Å²) in [4.78, 5) is 22.0. The Kier molecular flexibility index (Phi) is 3.03. The van der Waals surface area contributed by atoms with Crippen molar-refractivity contribution in [3.63, 3.8) is 0 Å². The van der Waals surface area contributed by atoms with Crippen LogP contribution in [-0.2, 0) is 4.79 Å². The van der Waals surface area contributed by atoms with Gasteiger partial charge in [0.25, 0.3) is 0 Å². The van der Waals surface area contributed by atoms with E-state index < -0.39 is 5.97 Å². The Morgan fingerprint density at radius 1 is 1.32 bits per heavy atom. The normalized spacial score (nSPS) is 19.6. The molecule has 19 heavy (non-hydrogen) atoms. The van der Waals surface area contributed by atoms with Crippen molar-refractivity contribution in [1.82, 2.24) is 9.97 Å². The molecule has 3 rings (SSSR count). The van der Waals surface area contributed by atoms with Gasteiger partial charge < -0.3 is 10.0 Å². The summed E-state index contributed by atoms with van der Waals surface area (Å²) in [6.45, 7) is 1.36. The fraction of sp³-hybridized carbons (Fsp3) is 0.357. The van der Waals surface area contributed by atoms with Gasteiger partial charge in [-0.1, -0.05) is 12.1 Å². The third-order valence-corrected chi connectivity index (χ3v) is 3.53. The van der Waals surface area contributed by atoms with E-state index >= 15 is 0 Å². The minimum absolute atomic E-state index is 0.304. The summed E-state index contributed by atoms with van der Waals surface area (Å²) in [5.74, 6) is -0.259. The number of carbonyl (C=O) groups is 1. The van der Waals surface area contributed by atoms with E-state index in [9.17, 15) is 4.79 Å². The maximum absolute atomic E-state index is 11.1. The van der Waals surface area contributed by atoms with Gasteiger partial charge in [0.1, 0.15) is 5.82 Å². The van der Waals surface area contributed by atoms with Gasteiger partial charge in [-0.05, 0) is 25.0 Å². The molecule has 98 valence electrons. The van der Waals surface area contributed by atoms with Gasteiger partial charge in [-0.25, -0.2) is 4.98 Å². The first-order chi connectivity index (χ1) is 9.24. The fourth-order valence-electron chi connectivity index (χ4n) is 2.49. The van der Waals surface area contributed by atoms with Crippen LogP contribution in [-0.4, -0.2) is 34.1 Å². The molecule has 1 aliphatic heterocycles. The molecular formula is C14H15N3O2. The van der Waals surface area contributed by atoms with E-state index in [1.165, 1.54) is 0 Å². The number of rotatable bonds is 2. The summed E-state index contributed by atoms with van der Waals surface area (Å²) in [7, 11) is 0. The number of aromatic nitrogens is 2. The van der Waals surface area contributed by atoms with Crippen LogP contribution < -0.4 is 4.90 Å². The van der Waals surface area contributed by atoms with E-state index in [4.69, 9.17) is 5.11 Å². The van der Waals surface area contributed by atoms with Crippen LogP contribution in [0.4, 0.5) is 5.82 Å². The highest BCUT2D eigenvalue weighted by atomic mass is 16.4. The van der Waals surface area contributed by atoms with Gasteiger partial charge in [-0.2, -0.15) is 0 Å². The standard InChI is InChI=1S/C14H15N3O2/c18-14(19)10-4-3-7-17(9-10)13-8-15-11-5-1-2-6-12(11)16-13/h1-2,5-6,8,10H,3-4,7,9H2,(H,18,19)/t10-/m0/s1. The lowest BCUT2D eigenvalue weighted by atomic mass is 9.98. The number of para-hydroxylation sites is 2. The third kappa shape index (κ3) is 2.36. The Morgan fingerprint density at radius 2 is 2.11 bits per heavy atom. The topological polar surface area (TPSA) is 66.3 Å². The SMILES string of the molecule is O=C(O)[C@H]1CCCN(c2cnc3ccccc3n2)C1. The number of anilines is 1. The van der Waals surface area contributed by atoms with Gasteiger partial charge in [0.15, 0.2) is 0 Å². The molecule has 1 fully saturated rings. The van der Waals surface area contributed by atoms with E-state index in [0.717, 1.165) is 36.2 Å². The first-order valence-electron chi connectivity index (χ1n) is 6.43. The van der Waals surface area contributed by atoms with Crippen LogP contribution in [0.25, 0.3) is 11.0 Å². The van der Waals surface area contributed by atoms with Gasteiger partial charge in [0.05, 0.1) is 23.1 Å². The number of benzene rings is 1. The number of hydrogen-bond donors (Lipinski definition) is 1. The fourth-order valence-corrected chi connectivity index (χ4v) is 2.49. The quantitative estimate of drug-likeness (QED) is 0.890. The molecule has 1 aliphatic rings. The summed E-state index contributed by atoms with van der Waals surface area (Å²) >= 11 is 0. The van der Waals surface area contributed by atoms with Gasteiger partial charge in [0.2, 0.25) is 0 Å². The predicted octanol–water partition coefficient (Wildman–Crippen LogP) is 1.93. The second-order valence-corrected chi connectivity index (χ2v) is 4.84. The van der Waals surface area contributed by atoms with Crippen LogP contribution in [0.3, 0.4) is 0 Å². The number of fused-ring (bicyclic) bond motifs is 1. The first kappa shape index (κ1) is 11.9. The zero-order valence-electron chi connectivity index (χ0n) is 10.5. The van der Waals surface area contributed by atoms with Crippen LogP contribution >= 0.6 is 0 Å². The zero-order valence-corrected chi connectivity index (χ0v) is 10.5. The lowest BCUT2D eigenvalue weighted by Crippen LogP contribution is -2.39. The van der Waals surface area contributed by atoms with E-state index in [2.05, 4.69) is 9.97 Å². The van der Waals surface area contributed by atoms with Crippen LogP contribution in [0.1, 0.15) is 12.8 Å². The Balaban J connectivity index is 1.89. The van der Waals surface area contributed by atoms with E-state index in [-0.39, 0.29) is 5.92 Å². The molecule has 2 heterocycles. The van der Waals surface area contributed by atoms with Crippen molar-refractivity contribution in [1.29, 1.82) is 0 Å². The highest BCUT2D eigenvalue weighted by Crippen LogP contribution is 2.22. The molecule has 2 aromatic rings. The molecule has 0 spiro atoms. The summed E-state index contributed by atoms with van der Waals surface area (Å²) in [6, 6.07) is 7.70. The number of hydrogen-bond acceptors (Lipinski definition) is 4. The average Bonchev–Trinajstić information content (AvgIpc) is 2.47. The van der Waals surface area contributed by atoms with Crippen molar-refractivity contribution in [2.24, 2.45) is 5.92 Å². The summed E-state index contributed by atoms with van der Waals surface area (Å²) < 4.78 is 0. The first-order valence-corrected chi connectivity index (χ1v) is 6.43. The highest BCUT2D eigenvalue weighted by Gasteiger charge is 2.26. The number of piperidine rings is 1. The smallest absolute Gasteiger partial charge is 0.308 e. The Hall–Kier alpha value is -2.17. The zero-order chi connectivity index (χ0) is 13.2. The van der Waals surface area contributed by atoms with Crippen molar-refractivity contribution in [3.05, 3.63) is 30.5 Å². The van der Waals surface area contributed by atoms with Gasteiger partial charge in [-0.15, -0.1) is 0 Å². The summed E-state index contributed by atoms with van der Waals surface area (Å²) in [6.07, 6.45) is 3.35. The monoisotopic (exact) mass is 257 g/mol. The second kappa shape index (κ2) is 4.84. The Labute approximate surface area is 110 Å². The van der Waals surface area contributed by atoms with Crippen molar-refractivity contribution < 1.29 is 9.90 Å². The minimum Gasteiger partial charge on any atom is -0.481 e. The van der Waals surface area contributed by atoms with Crippen LogP contribution in [0.5, 0.6) is 0 Å². The lowest BCUT2D eigenvalue weighted by molar-refractivity contribution is -0.141. The molecule has 0 amide bonds. The van der Waals surface area contributed by atoms with Gasteiger partial charge in [0, 0.05) is 13.1 Å². The molecule has 0 saturated carbocycles. The molecule has 1 N–H and O–H groups in total. The predicted molar refractivity (Wildman–Crippen MR) is 72.1 cm³/mol. The van der Waals surface area contributed by atoms with Crippen LogP contribution in [0, 0.1) is 5.92 Å². The van der Waals surface area contributed by atoms with Crippen molar-refractivity contribution >= 4 is 22.8 Å². The molecule has 0 unspecified atom stereocenters. The van der Waals surface area contributed by atoms with Crippen LogP contribution in [0.2, 0.25) is 0 Å². The largest absolute Gasteiger partial charge is 0.481 e. The highest BCUT2D eigenvalue weighted by molar-refractivity contribution is 5.75. The van der Waals surface area contributed by atoms with E-state index in [1.54, 1.807) is 6.20 Å². The van der Waals surface area contributed by atoms with Gasteiger partial charge >= 0.3 is 5.97 Å². The van der Waals surface area contributed by atoms with Crippen LogP contribution in [0.15, 0.2) is 30.5 Å². The maximum atomic E-state index is 11.1. The number of aliphatic carboxylic acids is 1. The molecular weight excluding hydrogens is 242 g/mol. The second-order valence-electron chi connectivity index (χ2n) is 4.84. The van der Waals surface area contributed by atoms with E-state index in [0.29, 0.717) is 6.54 Å². The molecule has 5 heteroatoms. The summed E-state index contributed by atoms with van der Waals surface area (Å²) in [5, 5.41) is 9.11. The van der Waals surface area contributed by atoms with Crippen molar-refractivity contribution in [2.45, 2.75) is 12.8 Å². The molecule has 1 aromatic carbocycles. The Bertz CT molecular complexity index is 614. The van der Waals surface area contributed by atoms with E-state index in [1.807, 2.05) is 29.2 Å². The molecule has 1 aromatic heterocycles. The molecule has 0 aliphatic carbocycles. The number of carboxylic acid groups (broad SMARTS) is 1. The number of carboxylic acids is 1. The van der Waals surface area contributed by atoms with Crippen molar-refractivity contribution in [3.8, 4) is 0 Å². The third-order valence-electron chi connectivity index (χ3n) is 3.53.